The molecule has 0 aliphatic rings. The first-order chi connectivity index (χ1) is 14.1. The van der Waals surface area contributed by atoms with Gasteiger partial charge in [-0.2, -0.15) is 0 Å². The molecule has 2 heterocycles. The van der Waals surface area contributed by atoms with Crippen molar-refractivity contribution in [2.45, 2.75) is 19.4 Å². The van der Waals surface area contributed by atoms with Crippen LogP contribution in [0.25, 0.3) is 16.7 Å². The van der Waals surface area contributed by atoms with E-state index in [0.717, 1.165) is 11.3 Å². The Bertz CT molecular complexity index is 1240. The first-order valence-corrected chi connectivity index (χ1v) is 9.19. The summed E-state index contributed by atoms with van der Waals surface area (Å²) in [6.07, 6.45) is 0.823. The standard InChI is InChI=1S/C21H20N4O4/c1-24-20(27)16-5-3-4-6-17(16)25-18(22-23-21(24)25)13-29-19(26)12-9-14-7-10-15(28-2)11-8-14/h3-8,10-11H,9,12-13H2,1-2H3. The highest BCUT2D eigenvalue weighted by molar-refractivity contribution is 5.80. The molecule has 148 valence electrons. The summed E-state index contributed by atoms with van der Waals surface area (Å²) in [6.45, 7) is -0.0230. The van der Waals surface area contributed by atoms with Gasteiger partial charge in [-0.1, -0.05) is 24.3 Å². The maximum atomic E-state index is 12.5. The van der Waals surface area contributed by atoms with Crippen LogP contribution in [0.1, 0.15) is 17.8 Å². The van der Waals surface area contributed by atoms with Gasteiger partial charge >= 0.3 is 5.97 Å². The number of esters is 1. The molecule has 0 atom stereocenters. The predicted octanol–water partition coefficient (Wildman–Crippen LogP) is 2.27. The van der Waals surface area contributed by atoms with Gasteiger partial charge in [0.2, 0.25) is 5.78 Å². The Labute approximate surface area is 166 Å². The second kappa shape index (κ2) is 7.75. The van der Waals surface area contributed by atoms with E-state index in [1.807, 2.05) is 36.4 Å². The average molecular weight is 392 g/mol. The highest BCUT2D eigenvalue weighted by Crippen LogP contribution is 2.15. The van der Waals surface area contributed by atoms with E-state index in [-0.39, 0.29) is 24.6 Å². The Kier molecular flexibility index (Phi) is 4.99. The number of methoxy groups -OCH3 is 1. The molecule has 8 heteroatoms. The molecule has 4 aromatic rings. The molecule has 0 aliphatic heterocycles. The van der Waals surface area contributed by atoms with Crippen molar-refractivity contribution in [3.63, 3.8) is 0 Å². The van der Waals surface area contributed by atoms with E-state index in [4.69, 9.17) is 9.47 Å². The molecular weight excluding hydrogens is 372 g/mol. The molecule has 2 aromatic heterocycles. The minimum absolute atomic E-state index is 0.0230. The lowest BCUT2D eigenvalue weighted by molar-refractivity contribution is -0.145. The van der Waals surface area contributed by atoms with Crippen molar-refractivity contribution in [1.29, 1.82) is 0 Å². The minimum Gasteiger partial charge on any atom is -0.497 e. The number of fused-ring (bicyclic) bond motifs is 3. The van der Waals surface area contributed by atoms with Crippen LogP contribution in [-0.2, 0) is 29.6 Å². The normalized spacial score (nSPS) is 11.1. The van der Waals surface area contributed by atoms with Crippen LogP contribution < -0.4 is 10.3 Å². The molecule has 0 fully saturated rings. The Hall–Kier alpha value is -3.68. The SMILES string of the molecule is COc1ccc(CCC(=O)OCc2nnc3n(C)c(=O)c4ccccc4n23)cc1. The largest absolute Gasteiger partial charge is 0.497 e. The molecule has 0 radical (unpaired) electrons. The summed E-state index contributed by atoms with van der Waals surface area (Å²) in [6, 6.07) is 14.8. The van der Waals surface area contributed by atoms with Gasteiger partial charge in [-0.25, -0.2) is 0 Å². The van der Waals surface area contributed by atoms with E-state index in [1.54, 1.807) is 30.7 Å². The van der Waals surface area contributed by atoms with Crippen molar-refractivity contribution in [3.05, 3.63) is 70.3 Å². The van der Waals surface area contributed by atoms with Crippen LogP contribution in [0.4, 0.5) is 0 Å². The lowest BCUT2D eigenvalue weighted by atomic mass is 10.1. The number of hydrogen-bond acceptors (Lipinski definition) is 6. The van der Waals surface area contributed by atoms with Crippen LogP contribution in [0.3, 0.4) is 0 Å². The fourth-order valence-corrected chi connectivity index (χ4v) is 3.24. The molecule has 8 nitrogen and oxygen atoms in total. The molecule has 4 rings (SSSR count). The van der Waals surface area contributed by atoms with Crippen molar-refractivity contribution in [3.8, 4) is 5.75 Å². The molecule has 0 spiro atoms. The van der Waals surface area contributed by atoms with Crippen molar-refractivity contribution < 1.29 is 14.3 Å². The Morgan fingerprint density at radius 3 is 2.59 bits per heavy atom. The molecule has 0 amide bonds. The zero-order chi connectivity index (χ0) is 20.4. The summed E-state index contributed by atoms with van der Waals surface area (Å²) in [7, 11) is 3.26. The van der Waals surface area contributed by atoms with Crippen molar-refractivity contribution in [2.24, 2.45) is 7.05 Å². The van der Waals surface area contributed by atoms with Crippen LogP contribution in [0.15, 0.2) is 53.3 Å². The molecule has 0 N–H and O–H groups in total. The third-order valence-corrected chi connectivity index (χ3v) is 4.83. The van der Waals surface area contributed by atoms with Crippen LogP contribution >= 0.6 is 0 Å². The fourth-order valence-electron chi connectivity index (χ4n) is 3.24. The molecule has 0 aliphatic carbocycles. The molecule has 0 unspecified atom stereocenters. The monoisotopic (exact) mass is 392 g/mol. The van der Waals surface area contributed by atoms with Gasteiger partial charge in [-0.15, -0.1) is 10.2 Å². The number of rotatable bonds is 6. The fraction of sp³-hybridized carbons (Fsp3) is 0.238. The number of ether oxygens (including phenoxy) is 2. The summed E-state index contributed by atoms with van der Waals surface area (Å²) >= 11 is 0. The van der Waals surface area contributed by atoms with E-state index in [9.17, 15) is 9.59 Å². The van der Waals surface area contributed by atoms with Crippen LogP contribution in [0.2, 0.25) is 0 Å². The van der Waals surface area contributed by atoms with E-state index in [0.29, 0.717) is 28.9 Å². The second-order valence-electron chi connectivity index (χ2n) is 6.64. The lowest BCUT2D eigenvalue weighted by Gasteiger charge is -2.08. The maximum absolute atomic E-state index is 12.5. The summed E-state index contributed by atoms with van der Waals surface area (Å²) in [5, 5.41) is 8.76. The molecular formula is C21H20N4O4. The van der Waals surface area contributed by atoms with E-state index >= 15 is 0 Å². The third kappa shape index (κ3) is 3.56. The van der Waals surface area contributed by atoms with Gasteiger partial charge in [-0.3, -0.25) is 18.6 Å². The number of nitrogens with zero attached hydrogens (tertiary/aromatic N) is 4. The zero-order valence-electron chi connectivity index (χ0n) is 16.2. The van der Waals surface area contributed by atoms with Gasteiger partial charge < -0.3 is 9.47 Å². The first-order valence-electron chi connectivity index (χ1n) is 9.19. The van der Waals surface area contributed by atoms with Gasteiger partial charge in [0.05, 0.1) is 18.0 Å². The molecule has 29 heavy (non-hydrogen) atoms. The Morgan fingerprint density at radius 1 is 1.07 bits per heavy atom. The van der Waals surface area contributed by atoms with Crippen molar-refractivity contribution in [2.75, 3.05) is 7.11 Å². The van der Waals surface area contributed by atoms with E-state index in [2.05, 4.69) is 10.2 Å². The lowest BCUT2D eigenvalue weighted by Crippen LogP contribution is -2.20. The molecule has 2 aromatic carbocycles. The number of carbonyl (C=O) groups excluding carboxylic acids is 1. The van der Waals surface area contributed by atoms with Crippen molar-refractivity contribution in [1.82, 2.24) is 19.2 Å². The minimum atomic E-state index is -0.327. The van der Waals surface area contributed by atoms with Gasteiger partial charge in [0.15, 0.2) is 12.4 Å². The second-order valence-corrected chi connectivity index (χ2v) is 6.64. The Morgan fingerprint density at radius 2 is 1.83 bits per heavy atom. The molecule has 0 saturated heterocycles. The average Bonchev–Trinajstić information content (AvgIpc) is 3.19. The Balaban J connectivity index is 1.49. The summed E-state index contributed by atoms with van der Waals surface area (Å²) in [4.78, 5) is 24.7. The highest BCUT2D eigenvalue weighted by atomic mass is 16.5. The van der Waals surface area contributed by atoms with Gasteiger partial charge in [0, 0.05) is 13.5 Å². The third-order valence-electron chi connectivity index (χ3n) is 4.83. The molecule has 0 bridgehead atoms. The van der Waals surface area contributed by atoms with Crippen molar-refractivity contribution >= 4 is 22.6 Å². The number of para-hydroxylation sites is 1. The predicted molar refractivity (Wildman–Crippen MR) is 107 cm³/mol. The first kappa shape index (κ1) is 18.7. The number of aromatic nitrogens is 4. The number of hydrogen-bond donors (Lipinski definition) is 0. The van der Waals surface area contributed by atoms with Gasteiger partial charge in [0.1, 0.15) is 5.75 Å². The topological polar surface area (TPSA) is 87.7 Å². The quantitative estimate of drug-likeness (QED) is 0.468. The van der Waals surface area contributed by atoms with E-state index < -0.39 is 0 Å². The summed E-state index contributed by atoms with van der Waals surface area (Å²) in [5.74, 6) is 1.31. The highest BCUT2D eigenvalue weighted by Gasteiger charge is 2.15. The van der Waals surface area contributed by atoms with Crippen LogP contribution in [0.5, 0.6) is 5.75 Å². The molecule has 0 saturated carbocycles. The van der Waals surface area contributed by atoms with E-state index in [1.165, 1.54) is 4.57 Å². The zero-order valence-corrected chi connectivity index (χ0v) is 16.2. The smallest absolute Gasteiger partial charge is 0.306 e. The number of aryl methyl sites for hydroxylation is 2. The summed E-state index contributed by atoms with van der Waals surface area (Å²) < 4.78 is 13.7. The number of benzene rings is 2. The van der Waals surface area contributed by atoms with Crippen LogP contribution in [0, 0.1) is 0 Å². The van der Waals surface area contributed by atoms with Gasteiger partial charge in [0.25, 0.3) is 5.56 Å². The van der Waals surface area contributed by atoms with Crippen LogP contribution in [-0.4, -0.2) is 32.2 Å². The maximum Gasteiger partial charge on any atom is 0.306 e. The summed E-state index contributed by atoms with van der Waals surface area (Å²) in [5.41, 5.74) is 1.56. The van der Waals surface area contributed by atoms with Gasteiger partial charge in [-0.05, 0) is 36.2 Å². The number of carbonyl (C=O) groups is 1.